The summed E-state index contributed by atoms with van der Waals surface area (Å²) in [5, 5.41) is 0.268. The number of alkyl halides is 1. The number of hydrogen-bond acceptors (Lipinski definition) is 2. The first-order valence-corrected chi connectivity index (χ1v) is 4.29. The molecule has 1 aromatic heterocycles. The van der Waals surface area contributed by atoms with E-state index in [1.807, 2.05) is 0 Å². The van der Waals surface area contributed by atoms with Gasteiger partial charge in [0.2, 0.25) is 0 Å². The second kappa shape index (κ2) is 3.57. The van der Waals surface area contributed by atoms with Crippen LogP contribution in [0.1, 0.15) is 5.76 Å². The average molecular weight is 198 g/mol. The fourth-order valence-electron chi connectivity index (χ4n) is 1.42. The van der Waals surface area contributed by atoms with Crippen molar-refractivity contribution in [3.8, 4) is 0 Å². The SMILES string of the molecule is [B]c1cc([B])c2oc(CF)cc(=O)c2c1. The van der Waals surface area contributed by atoms with Crippen LogP contribution in [0.2, 0.25) is 0 Å². The zero-order chi connectivity index (χ0) is 11.0. The minimum atomic E-state index is -0.838. The molecule has 15 heavy (non-hydrogen) atoms. The van der Waals surface area contributed by atoms with Crippen LogP contribution in [-0.4, -0.2) is 15.7 Å². The molecule has 0 saturated heterocycles. The summed E-state index contributed by atoms with van der Waals surface area (Å²) in [5.41, 5.74) is 0.449. The zero-order valence-electron chi connectivity index (χ0n) is 7.79. The van der Waals surface area contributed by atoms with Gasteiger partial charge in [0, 0.05) is 6.07 Å². The molecular weight excluding hydrogens is 193 g/mol. The quantitative estimate of drug-likeness (QED) is 0.596. The van der Waals surface area contributed by atoms with Crippen LogP contribution in [0.15, 0.2) is 27.4 Å². The molecule has 70 valence electrons. The van der Waals surface area contributed by atoms with Crippen LogP contribution in [0.25, 0.3) is 11.0 Å². The van der Waals surface area contributed by atoms with Crippen molar-refractivity contribution in [3.05, 3.63) is 34.2 Å². The summed E-state index contributed by atoms with van der Waals surface area (Å²) in [6.07, 6.45) is 0. The first-order valence-electron chi connectivity index (χ1n) is 4.29. The molecule has 4 radical (unpaired) electrons. The number of halogens is 1. The van der Waals surface area contributed by atoms with Crippen LogP contribution in [0.4, 0.5) is 4.39 Å². The first kappa shape index (κ1) is 10.0. The maximum atomic E-state index is 12.3. The van der Waals surface area contributed by atoms with Gasteiger partial charge in [0.15, 0.2) is 5.43 Å². The lowest BCUT2D eigenvalue weighted by molar-refractivity contribution is 0.401. The van der Waals surface area contributed by atoms with Crippen molar-refractivity contribution in [2.45, 2.75) is 6.67 Å². The van der Waals surface area contributed by atoms with Crippen LogP contribution in [0.5, 0.6) is 0 Å². The van der Waals surface area contributed by atoms with Crippen LogP contribution in [0.3, 0.4) is 0 Å². The largest absolute Gasteiger partial charge is 0.459 e. The molecule has 2 aromatic rings. The number of fused-ring (bicyclic) bond motifs is 1. The molecule has 0 aliphatic heterocycles. The molecule has 0 fully saturated rings. The van der Waals surface area contributed by atoms with E-state index in [9.17, 15) is 9.18 Å². The number of rotatable bonds is 1. The fourth-order valence-corrected chi connectivity index (χ4v) is 1.42. The molecule has 1 aromatic carbocycles. The molecule has 0 atom stereocenters. The van der Waals surface area contributed by atoms with Crippen molar-refractivity contribution in [2.75, 3.05) is 0 Å². The van der Waals surface area contributed by atoms with Gasteiger partial charge in [0.05, 0.1) is 5.39 Å². The summed E-state index contributed by atoms with van der Waals surface area (Å²) in [5.74, 6) is -0.0380. The topological polar surface area (TPSA) is 30.2 Å². The summed E-state index contributed by atoms with van der Waals surface area (Å²) >= 11 is 0. The van der Waals surface area contributed by atoms with Gasteiger partial charge in [0.1, 0.15) is 33.7 Å². The molecule has 0 N–H and O–H groups in total. The van der Waals surface area contributed by atoms with Gasteiger partial charge in [-0.25, -0.2) is 4.39 Å². The van der Waals surface area contributed by atoms with Crippen molar-refractivity contribution in [2.24, 2.45) is 0 Å². The molecule has 0 unspecified atom stereocenters. The highest BCUT2D eigenvalue weighted by Gasteiger charge is 2.06. The Kier molecular flexibility index (Phi) is 2.39. The third kappa shape index (κ3) is 1.69. The van der Waals surface area contributed by atoms with Gasteiger partial charge in [-0.3, -0.25) is 4.79 Å². The van der Waals surface area contributed by atoms with Crippen LogP contribution < -0.4 is 16.4 Å². The third-order valence-corrected chi connectivity index (χ3v) is 2.06. The van der Waals surface area contributed by atoms with E-state index in [4.69, 9.17) is 20.1 Å². The van der Waals surface area contributed by atoms with E-state index in [2.05, 4.69) is 0 Å². The van der Waals surface area contributed by atoms with Crippen molar-refractivity contribution in [3.63, 3.8) is 0 Å². The van der Waals surface area contributed by atoms with Crippen LogP contribution in [-0.2, 0) is 6.67 Å². The van der Waals surface area contributed by atoms with Crippen molar-refractivity contribution in [1.82, 2.24) is 0 Å². The highest BCUT2D eigenvalue weighted by atomic mass is 19.1. The molecule has 0 aliphatic carbocycles. The van der Waals surface area contributed by atoms with E-state index in [1.165, 1.54) is 12.1 Å². The van der Waals surface area contributed by atoms with E-state index in [-0.39, 0.29) is 27.6 Å². The van der Waals surface area contributed by atoms with Crippen molar-refractivity contribution in [1.29, 1.82) is 0 Å². The highest BCUT2D eigenvalue weighted by Crippen LogP contribution is 2.09. The highest BCUT2D eigenvalue weighted by molar-refractivity contribution is 6.42. The minimum Gasteiger partial charge on any atom is -0.459 e. The van der Waals surface area contributed by atoms with Gasteiger partial charge < -0.3 is 4.42 Å². The van der Waals surface area contributed by atoms with E-state index < -0.39 is 6.67 Å². The molecule has 2 nitrogen and oxygen atoms in total. The lowest BCUT2D eigenvalue weighted by Gasteiger charge is -2.04. The zero-order valence-corrected chi connectivity index (χ0v) is 7.79. The monoisotopic (exact) mass is 198 g/mol. The Bertz CT molecular complexity index is 577. The molecule has 0 aliphatic rings. The summed E-state index contributed by atoms with van der Waals surface area (Å²) in [7, 11) is 11.1. The Balaban J connectivity index is 2.91. The second-order valence-corrected chi connectivity index (χ2v) is 3.20. The smallest absolute Gasteiger partial charge is 0.193 e. The molecule has 0 amide bonds. The maximum absolute atomic E-state index is 12.3. The van der Waals surface area contributed by atoms with E-state index in [1.54, 1.807) is 0 Å². The van der Waals surface area contributed by atoms with E-state index >= 15 is 0 Å². The predicted molar refractivity (Wildman–Crippen MR) is 58.1 cm³/mol. The Morgan fingerprint density at radius 3 is 2.67 bits per heavy atom. The lowest BCUT2D eigenvalue weighted by atomic mass is 9.85. The number of hydrogen-bond donors (Lipinski definition) is 0. The van der Waals surface area contributed by atoms with E-state index in [0.29, 0.717) is 5.46 Å². The van der Waals surface area contributed by atoms with Gasteiger partial charge in [-0.1, -0.05) is 23.1 Å². The van der Waals surface area contributed by atoms with Gasteiger partial charge in [-0.2, -0.15) is 0 Å². The Morgan fingerprint density at radius 1 is 1.27 bits per heavy atom. The second-order valence-electron chi connectivity index (χ2n) is 3.20. The number of benzene rings is 1. The standard InChI is InChI=1S/C10H5B2FO2/c11-5-1-7-9(14)3-6(4-13)15-10(7)8(12)2-5/h1-3H,4H2. The predicted octanol–water partition coefficient (Wildman–Crippen LogP) is -0.150. The third-order valence-electron chi connectivity index (χ3n) is 2.06. The summed E-state index contributed by atoms with van der Waals surface area (Å²) in [6, 6.07) is 4.02. The summed E-state index contributed by atoms with van der Waals surface area (Å²) in [6.45, 7) is -0.838. The molecule has 0 bridgehead atoms. The molecule has 5 heteroatoms. The van der Waals surface area contributed by atoms with Crippen LogP contribution >= 0.6 is 0 Å². The Labute approximate surface area is 87.9 Å². The molecule has 1 heterocycles. The lowest BCUT2D eigenvalue weighted by Crippen LogP contribution is -2.18. The molecular formula is C10H5B2FO2. The minimum absolute atomic E-state index is 0.0380. The van der Waals surface area contributed by atoms with E-state index in [0.717, 1.165) is 6.07 Å². The van der Waals surface area contributed by atoms with Crippen molar-refractivity contribution >= 4 is 37.6 Å². The Hall–Kier alpha value is -1.51. The summed E-state index contributed by atoms with van der Waals surface area (Å²) < 4.78 is 17.5. The molecule has 0 spiro atoms. The molecule has 0 saturated carbocycles. The van der Waals surface area contributed by atoms with Gasteiger partial charge in [-0.15, -0.1) is 0 Å². The summed E-state index contributed by atoms with van der Waals surface area (Å²) in [4.78, 5) is 11.5. The average Bonchev–Trinajstić information content (AvgIpc) is 2.19. The fraction of sp³-hybridized carbons (Fsp3) is 0.100. The van der Waals surface area contributed by atoms with Gasteiger partial charge in [0.25, 0.3) is 0 Å². The van der Waals surface area contributed by atoms with Crippen LogP contribution in [0, 0.1) is 0 Å². The normalized spacial score (nSPS) is 10.7. The Morgan fingerprint density at radius 2 is 2.00 bits per heavy atom. The first-order chi connectivity index (χ1) is 7.11. The van der Waals surface area contributed by atoms with Crippen molar-refractivity contribution < 1.29 is 8.81 Å². The molecule has 2 rings (SSSR count). The van der Waals surface area contributed by atoms with Gasteiger partial charge in [-0.05, 0) is 0 Å². The maximum Gasteiger partial charge on any atom is 0.193 e. The van der Waals surface area contributed by atoms with Gasteiger partial charge >= 0.3 is 0 Å².